The molecule has 0 aromatic rings. The van der Waals surface area contributed by atoms with Gasteiger partial charge in [-0.1, -0.05) is 0 Å². The lowest BCUT2D eigenvalue weighted by molar-refractivity contribution is 0.184. The highest BCUT2D eigenvalue weighted by atomic mass is 15.2. The van der Waals surface area contributed by atoms with Gasteiger partial charge in [-0.3, -0.25) is 0 Å². The van der Waals surface area contributed by atoms with Gasteiger partial charge in [0.1, 0.15) is 0 Å². The van der Waals surface area contributed by atoms with Crippen LogP contribution in [0, 0.1) is 11.3 Å². The molecule has 0 saturated heterocycles. The van der Waals surface area contributed by atoms with Gasteiger partial charge >= 0.3 is 0 Å². The predicted octanol–water partition coefficient (Wildman–Crippen LogP) is 1.17. The van der Waals surface area contributed by atoms with Crippen molar-refractivity contribution < 1.29 is 0 Å². The van der Waals surface area contributed by atoms with Gasteiger partial charge in [0.05, 0.1) is 12.5 Å². The summed E-state index contributed by atoms with van der Waals surface area (Å²) in [4.78, 5) is 4.38. The van der Waals surface area contributed by atoms with Gasteiger partial charge in [-0.05, 0) is 35.0 Å². The molecule has 1 unspecified atom stereocenters. The molecular formula is C10H21N3. The molecule has 0 radical (unpaired) electrons. The number of hydrogen-bond donors (Lipinski definition) is 0. The van der Waals surface area contributed by atoms with E-state index in [1.807, 2.05) is 14.1 Å². The van der Waals surface area contributed by atoms with Crippen molar-refractivity contribution in [3.63, 3.8) is 0 Å². The van der Waals surface area contributed by atoms with Crippen molar-refractivity contribution in [1.29, 1.82) is 5.26 Å². The molecule has 0 bridgehead atoms. The Morgan fingerprint density at radius 3 is 2.08 bits per heavy atom. The molecule has 0 aliphatic rings. The largest absolute Gasteiger partial charge is 0.304 e. The fraction of sp³-hybridized carbons (Fsp3) is 0.900. The Morgan fingerprint density at radius 1 is 1.23 bits per heavy atom. The maximum Gasteiger partial charge on any atom is 0.0638 e. The van der Waals surface area contributed by atoms with E-state index in [4.69, 9.17) is 5.26 Å². The van der Waals surface area contributed by atoms with Crippen molar-refractivity contribution in [1.82, 2.24) is 9.80 Å². The minimum Gasteiger partial charge on any atom is -0.304 e. The Labute approximate surface area is 81.9 Å². The topological polar surface area (TPSA) is 30.3 Å². The van der Waals surface area contributed by atoms with E-state index in [2.05, 4.69) is 36.8 Å². The molecule has 0 saturated carbocycles. The van der Waals surface area contributed by atoms with Gasteiger partial charge in [-0.15, -0.1) is 0 Å². The molecule has 0 spiro atoms. The molecule has 0 aliphatic carbocycles. The summed E-state index contributed by atoms with van der Waals surface area (Å²) in [6.07, 6.45) is 0.601. The number of rotatable bonds is 5. The van der Waals surface area contributed by atoms with Crippen LogP contribution in [-0.2, 0) is 0 Å². The first-order valence-electron chi connectivity index (χ1n) is 4.72. The first kappa shape index (κ1) is 12.4. The summed E-state index contributed by atoms with van der Waals surface area (Å²) in [5, 5.41) is 8.64. The summed E-state index contributed by atoms with van der Waals surface area (Å²) in [6.45, 7) is 5.29. The van der Waals surface area contributed by atoms with Gasteiger partial charge in [-0.2, -0.15) is 5.26 Å². The van der Waals surface area contributed by atoms with Crippen molar-refractivity contribution in [2.75, 3.05) is 27.7 Å². The standard InChI is InChI=1S/C10H21N3/c1-9(2)13(5)8-10(6-7-11)12(3)4/h9-10H,6,8H2,1-5H3. The van der Waals surface area contributed by atoms with Crippen LogP contribution in [0.15, 0.2) is 0 Å². The van der Waals surface area contributed by atoms with Crippen LogP contribution in [0.2, 0.25) is 0 Å². The maximum atomic E-state index is 8.64. The van der Waals surface area contributed by atoms with Gasteiger partial charge < -0.3 is 9.80 Å². The summed E-state index contributed by atoms with van der Waals surface area (Å²) < 4.78 is 0. The molecule has 0 fully saturated rings. The van der Waals surface area contributed by atoms with Crippen molar-refractivity contribution in [2.24, 2.45) is 0 Å². The quantitative estimate of drug-likeness (QED) is 0.641. The van der Waals surface area contributed by atoms with Gasteiger partial charge in [-0.25, -0.2) is 0 Å². The Hall–Kier alpha value is -0.590. The lowest BCUT2D eigenvalue weighted by Gasteiger charge is -2.29. The highest BCUT2D eigenvalue weighted by Crippen LogP contribution is 2.03. The van der Waals surface area contributed by atoms with Crippen molar-refractivity contribution in [3.05, 3.63) is 0 Å². The van der Waals surface area contributed by atoms with Gasteiger partial charge in [0, 0.05) is 18.6 Å². The molecule has 0 aromatic carbocycles. The third kappa shape index (κ3) is 4.87. The highest BCUT2D eigenvalue weighted by Gasteiger charge is 2.14. The zero-order valence-electron chi connectivity index (χ0n) is 9.41. The average Bonchev–Trinajstić information content (AvgIpc) is 2.03. The predicted molar refractivity (Wildman–Crippen MR) is 55.5 cm³/mol. The molecule has 0 N–H and O–H groups in total. The summed E-state index contributed by atoms with van der Waals surface area (Å²) in [5.74, 6) is 0. The second-order valence-corrected chi connectivity index (χ2v) is 4.01. The SMILES string of the molecule is CC(C)N(C)CC(CC#N)N(C)C. The monoisotopic (exact) mass is 183 g/mol. The normalized spacial score (nSPS) is 13.8. The number of likely N-dealkylation sites (N-methyl/N-ethyl adjacent to an activating group) is 2. The molecular weight excluding hydrogens is 162 g/mol. The zero-order valence-corrected chi connectivity index (χ0v) is 9.41. The van der Waals surface area contributed by atoms with Crippen LogP contribution < -0.4 is 0 Å². The van der Waals surface area contributed by atoms with Crippen molar-refractivity contribution in [3.8, 4) is 6.07 Å². The summed E-state index contributed by atoms with van der Waals surface area (Å²) in [7, 11) is 6.14. The summed E-state index contributed by atoms with van der Waals surface area (Å²) >= 11 is 0. The molecule has 3 nitrogen and oxygen atoms in total. The Morgan fingerprint density at radius 2 is 1.77 bits per heavy atom. The number of nitriles is 1. The minimum atomic E-state index is 0.345. The molecule has 13 heavy (non-hydrogen) atoms. The van der Waals surface area contributed by atoms with Crippen LogP contribution in [0.5, 0.6) is 0 Å². The molecule has 0 amide bonds. The van der Waals surface area contributed by atoms with Gasteiger partial charge in [0.25, 0.3) is 0 Å². The first-order chi connectivity index (χ1) is 5.99. The third-order valence-electron chi connectivity index (χ3n) is 2.44. The van der Waals surface area contributed by atoms with E-state index in [0.29, 0.717) is 18.5 Å². The molecule has 0 heterocycles. The molecule has 0 rings (SSSR count). The van der Waals surface area contributed by atoms with Gasteiger partial charge in [0.15, 0.2) is 0 Å². The summed E-state index contributed by atoms with van der Waals surface area (Å²) in [6, 6.07) is 3.11. The van der Waals surface area contributed by atoms with Crippen LogP contribution in [0.1, 0.15) is 20.3 Å². The highest BCUT2D eigenvalue weighted by molar-refractivity contribution is 4.82. The Bertz CT molecular complexity index is 169. The minimum absolute atomic E-state index is 0.345. The second-order valence-electron chi connectivity index (χ2n) is 4.01. The van der Waals surface area contributed by atoms with Crippen LogP contribution in [0.3, 0.4) is 0 Å². The third-order valence-corrected chi connectivity index (χ3v) is 2.44. The van der Waals surface area contributed by atoms with Crippen LogP contribution in [-0.4, -0.2) is 49.6 Å². The molecule has 0 aromatic heterocycles. The second kappa shape index (κ2) is 5.95. The molecule has 3 heteroatoms. The number of nitrogens with zero attached hydrogens (tertiary/aromatic N) is 3. The van der Waals surface area contributed by atoms with Crippen LogP contribution >= 0.6 is 0 Å². The average molecular weight is 183 g/mol. The molecule has 76 valence electrons. The van der Waals surface area contributed by atoms with Crippen LogP contribution in [0.25, 0.3) is 0 Å². The Kier molecular flexibility index (Phi) is 5.68. The van der Waals surface area contributed by atoms with Crippen molar-refractivity contribution >= 4 is 0 Å². The van der Waals surface area contributed by atoms with Gasteiger partial charge in [0.2, 0.25) is 0 Å². The van der Waals surface area contributed by atoms with E-state index < -0.39 is 0 Å². The smallest absolute Gasteiger partial charge is 0.0638 e. The van der Waals surface area contributed by atoms with E-state index in [9.17, 15) is 0 Å². The maximum absolute atomic E-state index is 8.64. The van der Waals surface area contributed by atoms with E-state index in [-0.39, 0.29) is 0 Å². The Balaban J connectivity index is 4.03. The molecule has 0 aliphatic heterocycles. The van der Waals surface area contributed by atoms with E-state index in [0.717, 1.165) is 6.54 Å². The molecule has 1 atom stereocenters. The zero-order chi connectivity index (χ0) is 10.4. The first-order valence-corrected chi connectivity index (χ1v) is 4.72. The number of hydrogen-bond acceptors (Lipinski definition) is 3. The van der Waals surface area contributed by atoms with E-state index >= 15 is 0 Å². The van der Waals surface area contributed by atoms with E-state index in [1.54, 1.807) is 0 Å². The fourth-order valence-electron chi connectivity index (χ4n) is 1.06. The van der Waals surface area contributed by atoms with E-state index in [1.165, 1.54) is 0 Å². The lowest BCUT2D eigenvalue weighted by atomic mass is 10.2. The fourth-order valence-corrected chi connectivity index (χ4v) is 1.06. The lowest BCUT2D eigenvalue weighted by Crippen LogP contribution is -2.41. The van der Waals surface area contributed by atoms with Crippen molar-refractivity contribution in [2.45, 2.75) is 32.4 Å². The van der Waals surface area contributed by atoms with Crippen LogP contribution in [0.4, 0.5) is 0 Å². The summed E-state index contributed by atoms with van der Waals surface area (Å²) in [5.41, 5.74) is 0.